The molecule has 150 valence electrons. The molecule has 0 radical (unpaired) electrons. The minimum absolute atomic E-state index is 0.160. The fraction of sp³-hybridized carbons (Fsp3) is 0.150. The second-order valence-electron chi connectivity index (χ2n) is 6.32. The van der Waals surface area contributed by atoms with Crippen LogP contribution in [-0.2, 0) is 6.61 Å². The standard InChI is InChI=1S/C20H18BrClN4O3/c1-11-9-15(7-8-16(11)22)29-10-13-3-5-14(6-4-13)19(27)25-26-20(28)18-17(21)12(2)23-24-18/h3-9H,10H2,1-2H3,(H,23,24)(H,25,27)(H,26,28). The van der Waals surface area contributed by atoms with Gasteiger partial charge in [-0.1, -0.05) is 23.7 Å². The van der Waals surface area contributed by atoms with E-state index >= 15 is 0 Å². The number of aryl methyl sites for hydroxylation is 2. The molecule has 0 atom stereocenters. The fourth-order valence-electron chi connectivity index (χ4n) is 2.44. The van der Waals surface area contributed by atoms with Gasteiger partial charge in [-0.2, -0.15) is 5.10 Å². The van der Waals surface area contributed by atoms with Gasteiger partial charge < -0.3 is 4.74 Å². The average molecular weight is 478 g/mol. The summed E-state index contributed by atoms with van der Waals surface area (Å²) in [5, 5.41) is 7.25. The van der Waals surface area contributed by atoms with Gasteiger partial charge in [0.25, 0.3) is 11.8 Å². The molecular weight excluding hydrogens is 460 g/mol. The van der Waals surface area contributed by atoms with E-state index in [1.54, 1.807) is 43.3 Å². The summed E-state index contributed by atoms with van der Waals surface area (Å²) < 4.78 is 6.28. The first-order chi connectivity index (χ1) is 13.8. The van der Waals surface area contributed by atoms with Crippen molar-refractivity contribution in [1.29, 1.82) is 0 Å². The normalized spacial score (nSPS) is 10.5. The smallest absolute Gasteiger partial charge is 0.291 e. The maximum atomic E-state index is 12.2. The van der Waals surface area contributed by atoms with Crippen molar-refractivity contribution < 1.29 is 14.3 Å². The molecule has 0 aliphatic carbocycles. The molecule has 1 heterocycles. The summed E-state index contributed by atoms with van der Waals surface area (Å²) in [5.41, 5.74) is 7.81. The van der Waals surface area contributed by atoms with Gasteiger partial charge in [0.1, 0.15) is 12.4 Å². The van der Waals surface area contributed by atoms with Gasteiger partial charge in [0.2, 0.25) is 0 Å². The molecule has 0 saturated carbocycles. The highest BCUT2D eigenvalue weighted by Crippen LogP contribution is 2.22. The van der Waals surface area contributed by atoms with Crippen molar-refractivity contribution in [2.24, 2.45) is 0 Å². The van der Waals surface area contributed by atoms with Crippen LogP contribution in [0, 0.1) is 13.8 Å². The summed E-state index contributed by atoms with van der Waals surface area (Å²) in [6, 6.07) is 12.3. The molecule has 0 aliphatic heterocycles. The number of benzene rings is 2. The molecule has 29 heavy (non-hydrogen) atoms. The molecule has 3 aromatic rings. The number of ether oxygens (including phenoxy) is 1. The van der Waals surface area contributed by atoms with E-state index in [-0.39, 0.29) is 5.69 Å². The minimum atomic E-state index is -0.530. The summed E-state index contributed by atoms with van der Waals surface area (Å²) in [4.78, 5) is 24.3. The van der Waals surface area contributed by atoms with Crippen LogP contribution in [-0.4, -0.2) is 22.0 Å². The van der Waals surface area contributed by atoms with Gasteiger partial charge in [0, 0.05) is 16.3 Å². The Kier molecular flexibility index (Phi) is 6.56. The van der Waals surface area contributed by atoms with Crippen molar-refractivity contribution in [2.45, 2.75) is 20.5 Å². The van der Waals surface area contributed by atoms with Crippen molar-refractivity contribution in [1.82, 2.24) is 21.0 Å². The number of carbonyl (C=O) groups is 2. The lowest BCUT2D eigenvalue weighted by atomic mass is 10.1. The Morgan fingerprint density at radius 3 is 2.41 bits per heavy atom. The van der Waals surface area contributed by atoms with E-state index in [4.69, 9.17) is 16.3 Å². The molecule has 0 aliphatic rings. The van der Waals surface area contributed by atoms with Crippen molar-refractivity contribution in [2.75, 3.05) is 0 Å². The number of H-pyrrole nitrogens is 1. The highest BCUT2D eigenvalue weighted by molar-refractivity contribution is 9.10. The third-order valence-corrected chi connectivity index (χ3v) is 5.52. The van der Waals surface area contributed by atoms with Crippen molar-refractivity contribution in [3.8, 4) is 5.75 Å². The van der Waals surface area contributed by atoms with E-state index in [1.165, 1.54) is 0 Å². The first-order valence-corrected chi connectivity index (χ1v) is 9.81. The average Bonchev–Trinajstić information content (AvgIpc) is 3.06. The van der Waals surface area contributed by atoms with E-state index in [1.807, 2.05) is 13.0 Å². The summed E-state index contributed by atoms with van der Waals surface area (Å²) in [5.74, 6) is -0.253. The minimum Gasteiger partial charge on any atom is -0.489 e. The lowest BCUT2D eigenvalue weighted by molar-refractivity contribution is 0.0843. The monoisotopic (exact) mass is 476 g/mol. The molecule has 0 fully saturated rings. The highest BCUT2D eigenvalue weighted by Gasteiger charge is 2.16. The topological polar surface area (TPSA) is 96.1 Å². The van der Waals surface area contributed by atoms with Crippen LogP contribution in [0.3, 0.4) is 0 Å². The number of aromatic nitrogens is 2. The van der Waals surface area contributed by atoms with Gasteiger partial charge >= 0.3 is 0 Å². The molecule has 7 nitrogen and oxygen atoms in total. The van der Waals surface area contributed by atoms with Crippen LogP contribution in [0.4, 0.5) is 0 Å². The zero-order valence-electron chi connectivity index (χ0n) is 15.7. The van der Waals surface area contributed by atoms with Crippen LogP contribution < -0.4 is 15.6 Å². The Labute approximate surface area is 180 Å². The van der Waals surface area contributed by atoms with Crippen LogP contribution in [0.25, 0.3) is 0 Å². The Hall–Kier alpha value is -2.84. The second-order valence-corrected chi connectivity index (χ2v) is 7.52. The third-order valence-electron chi connectivity index (χ3n) is 4.13. The molecule has 0 bridgehead atoms. The molecule has 9 heteroatoms. The summed E-state index contributed by atoms with van der Waals surface area (Å²) in [6.07, 6.45) is 0. The number of nitrogens with zero attached hydrogens (tertiary/aromatic N) is 1. The zero-order chi connectivity index (χ0) is 21.0. The molecule has 0 unspecified atom stereocenters. The Morgan fingerprint density at radius 1 is 1.10 bits per heavy atom. The highest BCUT2D eigenvalue weighted by atomic mass is 79.9. The van der Waals surface area contributed by atoms with Crippen LogP contribution in [0.5, 0.6) is 5.75 Å². The molecule has 2 amide bonds. The van der Waals surface area contributed by atoms with E-state index in [0.717, 1.165) is 16.9 Å². The number of aromatic amines is 1. The molecule has 3 N–H and O–H groups in total. The molecule has 0 saturated heterocycles. The van der Waals surface area contributed by atoms with E-state index < -0.39 is 11.8 Å². The maximum absolute atomic E-state index is 12.2. The van der Waals surface area contributed by atoms with Gasteiger partial charge in [-0.05, 0) is 71.2 Å². The van der Waals surface area contributed by atoms with Gasteiger partial charge in [-0.25, -0.2) is 0 Å². The lowest BCUT2D eigenvalue weighted by Gasteiger charge is -2.09. The first-order valence-electron chi connectivity index (χ1n) is 8.64. The van der Waals surface area contributed by atoms with Crippen LogP contribution in [0.1, 0.15) is 37.7 Å². The van der Waals surface area contributed by atoms with Crippen LogP contribution in [0.2, 0.25) is 5.02 Å². The SMILES string of the molecule is Cc1cc(OCc2ccc(C(=O)NNC(=O)c3n[nH]c(C)c3Br)cc2)ccc1Cl. The maximum Gasteiger partial charge on any atom is 0.291 e. The van der Waals surface area contributed by atoms with Gasteiger partial charge in [0.05, 0.1) is 4.47 Å². The third kappa shape index (κ3) is 5.16. The number of halogens is 2. The van der Waals surface area contributed by atoms with Crippen LogP contribution >= 0.6 is 27.5 Å². The zero-order valence-corrected chi connectivity index (χ0v) is 18.0. The number of hydrazine groups is 1. The molecular formula is C20H18BrClN4O3. The van der Waals surface area contributed by atoms with Gasteiger partial charge in [-0.3, -0.25) is 25.5 Å². The lowest BCUT2D eigenvalue weighted by Crippen LogP contribution is -2.41. The molecule has 3 rings (SSSR count). The summed E-state index contributed by atoms with van der Waals surface area (Å²) in [7, 11) is 0. The molecule has 2 aromatic carbocycles. The number of amides is 2. The Balaban J connectivity index is 1.53. The molecule has 1 aromatic heterocycles. The van der Waals surface area contributed by atoms with E-state index in [0.29, 0.717) is 27.4 Å². The number of rotatable bonds is 5. The summed E-state index contributed by atoms with van der Waals surface area (Å²) >= 11 is 9.27. The van der Waals surface area contributed by atoms with Crippen molar-refractivity contribution in [3.63, 3.8) is 0 Å². The van der Waals surface area contributed by atoms with Gasteiger partial charge in [-0.15, -0.1) is 0 Å². The number of carbonyl (C=O) groups excluding carboxylic acids is 2. The number of hydrogen-bond donors (Lipinski definition) is 3. The Morgan fingerprint density at radius 2 is 1.79 bits per heavy atom. The number of nitrogens with one attached hydrogen (secondary N) is 3. The van der Waals surface area contributed by atoms with Crippen molar-refractivity contribution >= 4 is 39.3 Å². The van der Waals surface area contributed by atoms with E-state index in [2.05, 4.69) is 37.0 Å². The molecule has 0 spiro atoms. The summed E-state index contributed by atoms with van der Waals surface area (Å²) in [6.45, 7) is 4.03. The van der Waals surface area contributed by atoms with E-state index in [9.17, 15) is 9.59 Å². The first kappa shape index (κ1) is 20.9. The Bertz CT molecular complexity index is 1050. The predicted octanol–water partition coefficient (Wildman–Crippen LogP) is 4.10. The fourth-order valence-corrected chi connectivity index (χ4v) is 2.91. The quantitative estimate of drug-likeness (QED) is 0.482. The predicted molar refractivity (Wildman–Crippen MR) is 113 cm³/mol. The van der Waals surface area contributed by atoms with Gasteiger partial charge in [0.15, 0.2) is 5.69 Å². The second kappa shape index (κ2) is 9.11. The number of hydrogen-bond acceptors (Lipinski definition) is 4. The largest absolute Gasteiger partial charge is 0.489 e. The van der Waals surface area contributed by atoms with Crippen molar-refractivity contribution in [3.05, 3.63) is 80.0 Å². The van der Waals surface area contributed by atoms with Crippen LogP contribution in [0.15, 0.2) is 46.9 Å².